The van der Waals surface area contributed by atoms with E-state index in [1.54, 1.807) is 12.1 Å². The minimum absolute atomic E-state index is 0.124. The van der Waals surface area contributed by atoms with E-state index in [1.165, 1.54) is 12.1 Å². The summed E-state index contributed by atoms with van der Waals surface area (Å²) in [5.41, 5.74) is -0.742. The average molecular weight is 339 g/mol. The summed E-state index contributed by atoms with van der Waals surface area (Å²) >= 11 is 0. The summed E-state index contributed by atoms with van der Waals surface area (Å²) in [5, 5.41) is 20.2. The molecule has 1 aromatic carbocycles. The number of amides is 1. The van der Waals surface area contributed by atoms with E-state index in [0.717, 1.165) is 0 Å². The van der Waals surface area contributed by atoms with E-state index in [4.69, 9.17) is 10.2 Å². The third-order valence-electron chi connectivity index (χ3n) is 5.00. The molecule has 1 aromatic rings. The molecule has 3 rings (SSSR count). The number of hydrogen-bond donors (Lipinski definition) is 3. The summed E-state index contributed by atoms with van der Waals surface area (Å²) in [6, 6.07) is 5.93. The van der Waals surface area contributed by atoms with Gasteiger partial charge in [0.2, 0.25) is 5.91 Å². The summed E-state index contributed by atoms with van der Waals surface area (Å²) in [7, 11) is 0. The molecule has 0 saturated heterocycles. The molecule has 8 heteroatoms. The van der Waals surface area contributed by atoms with Gasteiger partial charge in [-0.2, -0.15) is 0 Å². The summed E-state index contributed by atoms with van der Waals surface area (Å²) in [5.74, 6) is -8.49. The Kier molecular flexibility index (Phi) is 3.58. The third kappa shape index (κ3) is 2.33. The lowest BCUT2D eigenvalue weighted by molar-refractivity contribution is -0.142. The zero-order valence-electron chi connectivity index (χ0n) is 12.5. The minimum atomic E-state index is -3.23. The van der Waals surface area contributed by atoms with Crippen molar-refractivity contribution in [2.24, 2.45) is 17.3 Å². The number of carbonyl (C=O) groups is 3. The Morgan fingerprint density at radius 2 is 1.71 bits per heavy atom. The van der Waals surface area contributed by atoms with Crippen LogP contribution in [0, 0.1) is 17.3 Å². The van der Waals surface area contributed by atoms with Crippen LogP contribution < -0.4 is 5.32 Å². The predicted molar refractivity (Wildman–Crippen MR) is 76.5 cm³/mol. The highest BCUT2D eigenvalue weighted by Crippen LogP contribution is 2.76. The lowest BCUT2D eigenvalue weighted by Crippen LogP contribution is -2.42. The SMILES string of the molecule is O=C(O)c1ccc(CNC(=O)C2CC3(C2)C(C(=O)O)C3(F)F)cc1. The van der Waals surface area contributed by atoms with Gasteiger partial charge in [-0.1, -0.05) is 12.1 Å². The van der Waals surface area contributed by atoms with Crippen LogP contribution in [0.2, 0.25) is 0 Å². The molecular formula is C16H15F2NO5. The van der Waals surface area contributed by atoms with Gasteiger partial charge in [-0.15, -0.1) is 0 Å². The van der Waals surface area contributed by atoms with Crippen molar-refractivity contribution in [1.29, 1.82) is 0 Å². The smallest absolute Gasteiger partial charge is 0.335 e. The van der Waals surface area contributed by atoms with Crippen molar-refractivity contribution >= 4 is 17.8 Å². The van der Waals surface area contributed by atoms with Gasteiger partial charge in [0.1, 0.15) is 5.92 Å². The van der Waals surface area contributed by atoms with E-state index in [9.17, 15) is 23.2 Å². The van der Waals surface area contributed by atoms with Crippen molar-refractivity contribution in [2.45, 2.75) is 25.3 Å². The van der Waals surface area contributed by atoms with Crippen LogP contribution >= 0.6 is 0 Å². The Hall–Kier alpha value is -2.51. The van der Waals surface area contributed by atoms with Gasteiger partial charge < -0.3 is 15.5 Å². The van der Waals surface area contributed by atoms with E-state index in [2.05, 4.69) is 5.32 Å². The van der Waals surface area contributed by atoms with Crippen LogP contribution in [-0.2, 0) is 16.1 Å². The molecule has 6 nitrogen and oxygen atoms in total. The maximum atomic E-state index is 13.6. The maximum absolute atomic E-state index is 13.6. The van der Waals surface area contributed by atoms with Gasteiger partial charge in [-0.3, -0.25) is 9.59 Å². The fourth-order valence-electron chi connectivity index (χ4n) is 3.51. The van der Waals surface area contributed by atoms with E-state index in [1.807, 2.05) is 0 Å². The molecule has 2 aliphatic carbocycles. The molecule has 0 bridgehead atoms. The molecule has 128 valence electrons. The molecule has 2 aliphatic rings. The fourth-order valence-corrected chi connectivity index (χ4v) is 3.51. The first-order valence-corrected chi connectivity index (χ1v) is 7.39. The Bertz CT molecular complexity index is 710. The van der Waals surface area contributed by atoms with Crippen molar-refractivity contribution in [3.05, 3.63) is 35.4 Å². The highest BCUT2D eigenvalue weighted by Gasteiger charge is 2.87. The molecule has 1 unspecified atom stereocenters. The molecule has 0 radical (unpaired) electrons. The van der Waals surface area contributed by atoms with Crippen LogP contribution in [0.3, 0.4) is 0 Å². The Balaban J connectivity index is 1.51. The van der Waals surface area contributed by atoms with Crippen LogP contribution in [0.25, 0.3) is 0 Å². The Morgan fingerprint density at radius 3 is 2.17 bits per heavy atom. The largest absolute Gasteiger partial charge is 0.481 e. The highest BCUT2D eigenvalue weighted by molar-refractivity contribution is 5.87. The van der Waals surface area contributed by atoms with Crippen LogP contribution in [-0.4, -0.2) is 34.0 Å². The number of rotatable bonds is 5. The summed E-state index contributed by atoms with van der Waals surface area (Å²) in [4.78, 5) is 33.5. The second kappa shape index (κ2) is 5.25. The second-order valence-corrected chi connectivity index (χ2v) is 6.38. The number of nitrogens with one attached hydrogen (secondary N) is 1. The van der Waals surface area contributed by atoms with Crippen molar-refractivity contribution in [3.63, 3.8) is 0 Å². The molecule has 1 atom stereocenters. The number of carboxylic acid groups (broad SMARTS) is 2. The van der Waals surface area contributed by atoms with E-state index in [0.29, 0.717) is 5.56 Å². The first-order chi connectivity index (χ1) is 11.2. The average Bonchev–Trinajstić information content (AvgIpc) is 3.00. The standard InChI is InChI=1S/C16H15F2NO5/c17-16(18)11(14(23)24)15(16)5-10(6-15)12(20)19-7-8-1-3-9(4-2-8)13(21)22/h1-4,10-11H,5-7H2,(H,19,20)(H,21,22)(H,23,24). The molecule has 2 fully saturated rings. The zero-order chi connectivity index (χ0) is 17.7. The second-order valence-electron chi connectivity index (χ2n) is 6.38. The molecule has 1 amide bonds. The minimum Gasteiger partial charge on any atom is -0.481 e. The molecule has 3 N–H and O–H groups in total. The maximum Gasteiger partial charge on any atom is 0.335 e. The van der Waals surface area contributed by atoms with Gasteiger partial charge >= 0.3 is 11.9 Å². The van der Waals surface area contributed by atoms with Crippen LogP contribution in [0.4, 0.5) is 8.78 Å². The number of benzene rings is 1. The molecule has 1 spiro atoms. The van der Waals surface area contributed by atoms with Crippen molar-refractivity contribution < 1.29 is 33.4 Å². The fraction of sp³-hybridized carbons (Fsp3) is 0.438. The quantitative estimate of drug-likeness (QED) is 0.758. The number of alkyl halides is 2. The van der Waals surface area contributed by atoms with E-state index < -0.39 is 41.0 Å². The Morgan fingerprint density at radius 1 is 1.12 bits per heavy atom. The number of hydrogen-bond acceptors (Lipinski definition) is 3. The number of carbonyl (C=O) groups excluding carboxylic acids is 1. The summed E-state index contributed by atoms with van der Waals surface area (Å²) in [6.07, 6.45) is -0.249. The monoisotopic (exact) mass is 339 g/mol. The van der Waals surface area contributed by atoms with Gasteiger partial charge in [0.05, 0.1) is 11.0 Å². The zero-order valence-corrected chi connectivity index (χ0v) is 12.5. The lowest BCUT2D eigenvalue weighted by atomic mass is 9.69. The summed E-state index contributed by atoms with van der Waals surface area (Å²) < 4.78 is 27.2. The predicted octanol–water partition coefficient (Wildman–Crippen LogP) is 1.75. The van der Waals surface area contributed by atoms with Crippen molar-refractivity contribution in [2.75, 3.05) is 0 Å². The first-order valence-electron chi connectivity index (χ1n) is 7.39. The van der Waals surface area contributed by atoms with Gasteiger partial charge in [0, 0.05) is 12.5 Å². The number of halogens is 2. The molecular weight excluding hydrogens is 324 g/mol. The summed E-state index contributed by atoms with van der Waals surface area (Å²) in [6.45, 7) is 0.154. The molecule has 0 aromatic heterocycles. The molecule has 2 saturated carbocycles. The van der Waals surface area contributed by atoms with E-state index in [-0.39, 0.29) is 24.9 Å². The number of carboxylic acids is 2. The van der Waals surface area contributed by atoms with Crippen molar-refractivity contribution in [3.8, 4) is 0 Å². The normalized spacial score (nSPS) is 29.6. The topological polar surface area (TPSA) is 104 Å². The van der Waals surface area contributed by atoms with Crippen molar-refractivity contribution in [1.82, 2.24) is 5.32 Å². The highest BCUT2D eigenvalue weighted by atomic mass is 19.3. The number of aromatic carboxylic acids is 1. The lowest BCUT2D eigenvalue weighted by Gasteiger charge is -2.34. The molecule has 0 heterocycles. The Labute approximate surface area is 135 Å². The van der Waals surface area contributed by atoms with Crippen LogP contribution in [0.15, 0.2) is 24.3 Å². The van der Waals surface area contributed by atoms with Gasteiger partial charge in [-0.25, -0.2) is 13.6 Å². The molecule has 0 aliphatic heterocycles. The number of aliphatic carboxylic acids is 1. The van der Waals surface area contributed by atoms with Gasteiger partial charge in [0.25, 0.3) is 5.92 Å². The van der Waals surface area contributed by atoms with Gasteiger partial charge in [-0.05, 0) is 30.5 Å². The van der Waals surface area contributed by atoms with E-state index >= 15 is 0 Å². The van der Waals surface area contributed by atoms with Crippen LogP contribution in [0.1, 0.15) is 28.8 Å². The third-order valence-corrected chi connectivity index (χ3v) is 5.00. The first kappa shape index (κ1) is 16.4. The molecule has 24 heavy (non-hydrogen) atoms. The van der Waals surface area contributed by atoms with Gasteiger partial charge in [0.15, 0.2) is 0 Å². The van der Waals surface area contributed by atoms with Crippen LogP contribution in [0.5, 0.6) is 0 Å².